The van der Waals surface area contributed by atoms with Crippen molar-refractivity contribution in [3.05, 3.63) is 69.2 Å². The minimum absolute atomic E-state index is 0.00661. The first kappa shape index (κ1) is 28.6. The number of rotatable bonds is 4. The van der Waals surface area contributed by atoms with Gasteiger partial charge in [0, 0.05) is 29.0 Å². The first-order valence-corrected chi connectivity index (χ1v) is 13.9. The van der Waals surface area contributed by atoms with Crippen LogP contribution in [0.15, 0.2) is 47.5 Å². The van der Waals surface area contributed by atoms with Gasteiger partial charge in [0.2, 0.25) is 0 Å². The zero-order chi connectivity index (χ0) is 29.0. The molecular formula is C28H27ClF4N4O2S. The average Bonchev–Trinajstić information content (AvgIpc) is 3.38. The first-order valence-electron chi connectivity index (χ1n) is 12.7. The number of fused-ring (bicyclic) bond motifs is 1. The van der Waals surface area contributed by atoms with Crippen LogP contribution in [0.3, 0.4) is 0 Å². The summed E-state index contributed by atoms with van der Waals surface area (Å²) in [5.41, 5.74) is 0.198. The molecule has 0 N–H and O–H groups in total. The third kappa shape index (κ3) is 5.64. The summed E-state index contributed by atoms with van der Waals surface area (Å²) in [5, 5.41) is 4.40. The Bertz CT molecular complexity index is 1510. The maximum Gasteiger partial charge on any atom is 0.416 e. The molecule has 0 aliphatic carbocycles. The SMILES string of the molecule is CC(C)(C)N1CC[C@@H](N2C(=O)S/C(=C\c3ccc4c(cnn4Cc4ccc(Cl)cc4C(F)(F)F)c3)C2=O)[C@H](F)C1. The van der Waals surface area contributed by atoms with E-state index in [2.05, 4.69) is 5.10 Å². The van der Waals surface area contributed by atoms with E-state index in [1.165, 1.54) is 23.0 Å². The number of amides is 2. The molecule has 2 aromatic carbocycles. The molecule has 40 heavy (non-hydrogen) atoms. The number of alkyl halides is 4. The van der Waals surface area contributed by atoms with E-state index >= 15 is 4.39 Å². The van der Waals surface area contributed by atoms with E-state index in [4.69, 9.17) is 11.6 Å². The summed E-state index contributed by atoms with van der Waals surface area (Å²) in [6, 6.07) is 7.95. The first-order chi connectivity index (χ1) is 18.7. The molecule has 2 saturated heterocycles. The third-order valence-electron chi connectivity index (χ3n) is 7.27. The Kier molecular flexibility index (Phi) is 7.52. The Balaban J connectivity index is 1.35. The molecule has 3 heterocycles. The van der Waals surface area contributed by atoms with E-state index in [9.17, 15) is 22.8 Å². The largest absolute Gasteiger partial charge is 0.416 e. The number of nitrogens with zero attached hydrogens (tertiary/aromatic N) is 4. The van der Waals surface area contributed by atoms with Gasteiger partial charge in [-0.3, -0.25) is 24.1 Å². The fraction of sp³-hybridized carbons (Fsp3) is 0.393. The number of benzene rings is 2. The van der Waals surface area contributed by atoms with Crippen LogP contribution in [0.4, 0.5) is 22.4 Å². The van der Waals surface area contributed by atoms with Gasteiger partial charge in [-0.25, -0.2) is 4.39 Å². The maximum atomic E-state index is 15.1. The van der Waals surface area contributed by atoms with Gasteiger partial charge in [0.25, 0.3) is 11.1 Å². The Morgan fingerprint density at radius 2 is 1.88 bits per heavy atom. The molecule has 0 radical (unpaired) electrons. The smallest absolute Gasteiger partial charge is 0.295 e. The lowest BCUT2D eigenvalue weighted by Gasteiger charge is -2.43. The quantitative estimate of drug-likeness (QED) is 0.240. The van der Waals surface area contributed by atoms with Gasteiger partial charge in [0.1, 0.15) is 6.17 Å². The fourth-order valence-electron chi connectivity index (χ4n) is 5.14. The van der Waals surface area contributed by atoms with E-state index in [0.717, 1.165) is 22.7 Å². The molecule has 2 amide bonds. The topological polar surface area (TPSA) is 58.4 Å². The maximum absolute atomic E-state index is 15.1. The monoisotopic (exact) mass is 594 g/mol. The fourth-order valence-corrected chi connectivity index (χ4v) is 6.20. The van der Waals surface area contributed by atoms with Crippen LogP contribution >= 0.6 is 23.4 Å². The van der Waals surface area contributed by atoms with Gasteiger partial charge in [-0.2, -0.15) is 18.3 Å². The molecule has 0 saturated carbocycles. The third-order valence-corrected chi connectivity index (χ3v) is 8.39. The van der Waals surface area contributed by atoms with E-state index in [-0.39, 0.29) is 34.1 Å². The molecule has 1 aromatic heterocycles. The number of aromatic nitrogens is 2. The number of likely N-dealkylation sites (tertiary alicyclic amines) is 1. The molecule has 2 aliphatic heterocycles. The molecular weight excluding hydrogens is 568 g/mol. The predicted octanol–water partition coefficient (Wildman–Crippen LogP) is 7.00. The average molecular weight is 595 g/mol. The second kappa shape index (κ2) is 10.5. The second-order valence-corrected chi connectivity index (χ2v) is 12.4. The summed E-state index contributed by atoms with van der Waals surface area (Å²) in [6.45, 7) is 6.61. The lowest BCUT2D eigenvalue weighted by Crippen LogP contribution is -2.57. The summed E-state index contributed by atoms with van der Waals surface area (Å²) in [5.74, 6) is -0.523. The van der Waals surface area contributed by atoms with Crippen LogP contribution in [0.1, 0.15) is 43.9 Å². The highest BCUT2D eigenvalue weighted by molar-refractivity contribution is 8.18. The molecule has 0 unspecified atom stereocenters. The molecule has 12 heteroatoms. The molecule has 0 bridgehead atoms. The minimum Gasteiger partial charge on any atom is -0.295 e. The highest BCUT2D eigenvalue weighted by Gasteiger charge is 2.46. The zero-order valence-corrected chi connectivity index (χ0v) is 23.6. The van der Waals surface area contributed by atoms with Crippen molar-refractivity contribution in [2.24, 2.45) is 0 Å². The van der Waals surface area contributed by atoms with Crippen molar-refractivity contribution in [3.63, 3.8) is 0 Å². The van der Waals surface area contributed by atoms with Gasteiger partial charge in [0.05, 0.1) is 34.8 Å². The molecule has 3 aromatic rings. The van der Waals surface area contributed by atoms with Crippen molar-refractivity contribution < 1.29 is 27.2 Å². The number of hydrogen-bond donors (Lipinski definition) is 0. The van der Waals surface area contributed by atoms with Crippen molar-refractivity contribution in [2.75, 3.05) is 13.1 Å². The number of carbonyl (C=O) groups is 2. The molecule has 2 atom stereocenters. The lowest BCUT2D eigenvalue weighted by atomic mass is 9.96. The van der Waals surface area contributed by atoms with E-state index in [0.29, 0.717) is 29.4 Å². The number of thioether (sulfide) groups is 1. The minimum atomic E-state index is -4.56. The van der Waals surface area contributed by atoms with E-state index < -0.39 is 35.1 Å². The Morgan fingerprint density at radius 3 is 2.55 bits per heavy atom. The zero-order valence-electron chi connectivity index (χ0n) is 22.0. The summed E-state index contributed by atoms with van der Waals surface area (Å²) in [4.78, 5) is 29.2. The van der Waals surface area contributed by atoms with Gasteiger partial charge >= 0.3 is 6.18 Å². The van der Waals surface area contributed by atoms with Crippen LogP contribution in [-0.4, -0.2) is 61.6 Å². The van der Waals surface area contributed by atoms with Crippen LogP contribution in [-0.2, 0) is 17.5 Å². The number of piperidine rings is 1. The second-order valence-electron chi connectivity index (χ2n) is 11.0. The van der Waals surface area contributed by atoms with Crippen molar-refractivity contribution in [2.45, 2.75) is 57.7 Å². The molecule has 212 valence electrons. The summed E-state index contributed by atoms with van der Waals surface area (Å²) < 4.78 is 57.2. The highest BCUT2D eigenvalue weighted by atomic mass is 35.5. The highest BCUT2D eigenvalue weighted by Crippen LogP contribution is 2.38. The number of halogens is 5. The standard InChI is InChI=1S/C28H27ClF4N4O2S/c1-27(2,3)35-9-8-23(21(30)15-35)37-25(38)24(40-26(37)39)11-16-4-7-22-18(10-16)13-34-36(22)14-17-5-6-19(29)12-20(17)28(31,32)33/h4-7,10-13,21,23H,8-9,14-15H2,1-3H3/b24-11-/t21-,23-/m1/s1. The van der Waals surface area contributed by atoms with Gasteiger partial charge in [-0.05, 0) is 80.4 Å². The Labute approximate surface area is 237 Å². The summed E-state index contributed by atoms with van der Waals surface area (Å²) in [7, 11) is 0. The molecule has 2 fully saturated rings. The van der Waals surface area contributed by atoms with Crippen LogP contribution in [0.5, 0.6) is 0 Å². The summed E-state index contributed by atoms with van der Waals surface area (Å²) in [6.07, 6.45) is -2.45. The Morgan fingerprint density at radius 1 is 1.12 bits per heavy atom. The van der Waals surface area contributed by atoms with Crippen molar-refractivity contribution >= 4 is 51.5 Å². The van der Waals surface area contributed by atoms with E-state index in [1.807, 2.05) is 25.7 Å². The van der Waals surface area contributed by atoms with Crippen molar-refractivity contribution in [1.29, 1.82) is 0 Å². The number of imide groups is 1. The molecule has 6 nitrogen and oxygen atoms in total. The normalized spacial score (nSPS) is 22.2. The van der Waals surface area contributed by atoms with Crippen LogP contribution < -0.4 is 0 Å². The predicted molar refractivity (Wildman–Crippen MR) is 148 cm³/mol. The van der Waals surface area contributed by atoms with Crippen molar-refractivity contribution in [3.8, 4) is 0 Å². The number of carbonyl (C=O) groups excluding carboxylic acids is 2. The van der Waals surface area contributed by atoms with Crippen LogP contribution in [0.25, 0.3) is 17.0 Å². The van der Waals surface area contributed by atoms with E-state index in [1.54, 1.807) is 24.3 Å². The van der Waals surface area contributed by atoms with Gasteiger partial charge in [-0.15, -0.1) is 0 Å². The van der Waals surface area contributed by atoms with Gasteiger partial charge in [0.15, 0.2) is 0 Å². The molecule has 0 spiro atoms. The molecule has 2 aliphatic rings. The molecule has 5 rings (SSSR count). The van der Waals surface area contributed by atoms with Gasteiger partial charge in [-0.1, -0.05) is 23.7 Å². The van der Waals surface area contributed by atoms with Crippen LogP contribution in [0.2, 0.25) is 5.02 Å². The number of hydrogen-bond acceptors (Lipinski definition) is 5. The lowest BCUT2D eigenvalue weighted by molar-refractivity contribution is -0.138. The summed E-state index contributed by atoms with van der Waals surface area (Å²) >= 11 is 6.57. The van der Waals surface area contributed by atoms with Crippen LogP contribution in [0, 0.1) is 0 Å². The van der Waals surface area contributed by atoms with Crippen molar-refractivity contribution in [1.82, 2.24) is 19.6 Å². The van der Waals surface area contributed by atoms with Gasteiger partial charge < -0.3 is 0 Å². The Hall–Kier alpha value is -2.89.